The van der Waals surface area contributed by atoms with Crippen LogP contribution in [0.1, 0.15) is 25.8 Å². The molecule has 3 heteroatoms. The first-order valence-corrected chi connectivity index (χ1v) is 6.25. The van der Waals surface area contributed by atoms with E-state index in [2.05, 4.69) is 48.3 Å². The molecule has 1 aromatic carbocycles. The van der Waals surface area contributed by atoms with Crippen LogP contribution in [0.4, 0.5) is 0 Å². The molecule has 1 rings (SSSR count). The average Bonchev–Trinajstić information content (AvgIpc) is 2.30. The van der Waals surface area contributed by atoms with Gasteiger partial charge in [0.2, 0.25) is 0 Å². The van der Waals surface area contributed by atoms with Crippen molar-refractivity contribution in [1.82, 2.24) is 10.2 Å². The molecule has 0 amide bonds. The Hall–Kier alpha value is -1.09. The van der Waals surface area contributed by atoms with Crippen LogP contribution in [0.3, 0.4) is 0 Å². The molecule has 1 aromatic rings. The molecular weight excluding hydrogens is 216 g/mol. The Bertz CT molecular complexity index is 311. The summed E-state index contributed by atoms with van der Waals surface area (Å²) in [6, 6.07) is 10.4. The van der Waals surface area contributed by atoms with Gasteiger partial charge in [-0.2, -0.15) is 0 Å². The summed E-state index contributed by atoms with van der Waals surface area (Å²) in [5.41, 5.74) is 1.30. The number of hydrogen-bond donors (Lipinski definition) is 1. The van der Waals surface area contributed by atoms with Gasteiger partial charge in [-0.3, -0.25) is 0 Å². The van der Waals surface area contributed by atoms with E-state index in [9.17, 15) is 0 Å². The second-order valence-electron chi connectivity index (χ2n) is 3.74. The van der Waals surface area contributed by atoms with Crippen LogP contribution in [0.15, 0.2) is 30.3 Å². The van der Waals surface area contributed by atoms with Crippen molar-refractivity contribution < 1.29 is 0 Å². The maximum absolute atomic E-state index is 5.35. The predicted octanol–water partition coefficient (Wildman–Crippen LogP) is 2.79. The Kier molecular flexibility index (Phi) is 5.86. The van der Waals surface area contributed by atoms with Gasteiger partial charge in [-0.15, -0.1) is 0 Å². The second kappa shape index (κ2) is 7.23. The smallest absolute Gasteiger partial charge is 0.169 e. The van der Waals surface area contributed by atoms with Gasteiger partial charge in [0.05, 0.1) is 0 Å². The van der Waals surface area contributed by atoms with Crippen molar-refractivity contribution in [3.8, 4) is 0 Å². The van der Waals surface area contributed by atoms with E-state index < -0.39 is 0 Å². The molecular formula is C13H20N2S. The van der Waals surface area contributed by atoms with E-state index in [4.69, 9.17) is 12.2 Å². The van der Waals surface area contributed by atoms with Crippen LogP contribution in [-0.2, 0) is 6.54 Å². The van der Waals surface area contributed by atoms with Crippen LogP contribution in [0.5, 0.6) is 0 Å². The number of benzene rings is 1. The lowest BCUT2D eigenvalue weighted by atomic mass is 10.2. The van der Waals surface area contributed by atoms with Gasteiger partial charge in [-0.25, -0.2) is 0 Å². The predicted molar refractivity (Wildman–Crippen MR) is 73.4 cm³/mol. The van der Waals surface area contributed by atoms with Crippen LogP contribution in [0.2, 0.25) is 0 Å². The Morgan fingerprint density at radius 3 is 2.50 bits per heavy atom. The number of nitrogens with one attached hydrogen (secondary N) is 1. The van der Waals surface area contributed by atoms with Gasteiger partial charge < -0.3 is 10.2 Å². The minimum atomic E-state index is 0.855. The summed E-state index contributed by atoms with van der Waals surface area (Å²) in [5.74, 6) is 0. The molecule has 0 aromatic heterocycles. The van der Waals surface area contributed by atoms with E-state index >= 15 is 0 Å². The number of rotatable bonds is 5. The quantitative estimate of drug-likeness (QED) is 0.791. The topological polar surface area (TPSA) is 15.3 Å². The fourth-order valence-corrected chi connectivity index (χ4v) is 1.89. The Morgan fingerprint density at radius 1 is 1.25 bits per heavy atom. The molecule has 0 aliphatic heterocycles. The highest BCUT2D eigenvalue weighted by Crippen LogP contribution is 2.05. The van der Waals surface area contributed by atoms with Crippen LogP contribution in [0, 0.1) is 0 Å². The fraction of sp³-hybridized carbons (Fsp3) is 0.462. The molecule has 0 bridgehead atoms. The summed E-state index contributed by atoms with van der Waals surface area (Å²) in [7, 11) is 0. The third kappa shape index (κ3) is 4.19. The molecule has 1 N–H and O–H groups in total. The van der Waals surface area contributed by atoms with Crippen LogP contribution >= 0.6 is 12.2 Å². The average molecular weight is 236 g/mol. The molecule has 0 spiro atoms. The Morgan fingerprint density at radius 2 is 1.94 bits per heavy atom. The van der Waals surface area contributed by atoms with Gasteiger partial charge in [0.15, 0.2) is 5.11 Å². The van der Waals surface area contributed by atoms with Crippen molar-refractivity contribution >= 4 is 17.3 Å². The summed E-state index contributed by atoms with van der Waals surface area (Å²) in [5, 5.41) is 4.06. The molecule has 0 saturated heterocycles. The van der Waals surface area contributed by atoms with Crippen molar-refractivity contribution in [3.05, 3.63) is 35.9 Å². The first kappa shape index (κ1) is 13.0. The zero-order chi connectivity index (χ0) is 11.8. The molecule has 0 saturated carbocycles. The fourth-order valence-electron chi connectivity index (χ4n) is 1.59. The lowest BCUT2D eigenvalue weighted by molar-refractivity contribution is 0.406. The summed E-state index contributed by atoms with van der Waals surface area (Å²) < 4.78 is 0. The molecule has 0 atom stereocenters. The van der Waals surface area contributed by atoms with Crippen molar-refractivity contribution in [2.24, 2.45) is 0 Å². The summed E-state index contributed by atoms with van der Waals surface area (Å²) >= 11 is 5.35. The maximum Gasteiger partial charge on any atom is 0.169 e. The van der Waals surface area contributed by atoms with Gasteiger partial charge in [0, 0.05) is 19.6 Å². The second-order valence-corrected chi connectivity index (χ2v) is 4.13. The molecule has 0 heterocycles. The lowest BCUT2D eigenvalue weighted by Gasteiger charge is -2.25. The van der Waals surface area contributed by atoms with Gasteiger partial charge in [0.25, 0.3) is 0 Å². The molecule has 0 aliphatic carbocycles. The normalized spacial score (nSPS) is 9.88. The van der Waals surface area contributed by atoms with E-state index in [-0.39, 0.29) is 0 Å². The summed E-state index contributed by atoms with van der Waals surface area (Å²) in [6.07, 6.45) is 1.11. The molecule has 0 unspecified atom stereocenters. The molecule has 16 heavy (non-hydrogen) atoms. The molecule has 88 valence electrons. The van der Waals surface area contributed by atoms with E-state index in [0.717, 1.165) is 31.2 Å². The number of hydrogen-bond acceptors (Lipinski definition) is 1. The highest BCUT2D eigenvalue weighted by Gasteiger charge is 2.07. The van der Waals surface area contributed by atoms with Crippen molar-refractivity contribution in [3.63, 3.8) is 0 Å². The molecule has 0 aliphatic rings. The minimum Gasteiger partial charge on any atom is -0.363 e. The Labute approximate surface area is 104 Å². The zero-order valence-corrected chi connectivity index (χ0v) is 10.9. The van der Waals surface area contributed by atoms with Gasteiger partial charge in [0.1, 0.15) is 0 Å². The van der Waals surface area contributed by atoms with E-state index in [0.29, 0.717) is 0 Å². The minimum absolute atomic E-state index is 0.855. The third-order valence-electron chi connectivity index (χ3n) is 2.32. The highest BCUT2D eigenvalue weighted by atomic mass is 32.1. The standard InChI is InChI=1S/C13H20N2S/c1-3-10-15(13(16)14-4-2)11-12-8-6-5-7-9-12/h5-9H,3-4,10-11H2,1-2H3,(H,14,16). The van der Waals surface area contributed by atoms with Crippen molar-refractivity contribution in [1.29, 1.82) is 0 Å². The number of nitrogens with zero attached hydrogens (tertiary/aromatic N) is 1. The zero-order valence-electron chi connectivity index (χ0n) is 10.1. The van der Waals surface area contributed by atoms with Crippen LogP contribution in [-0.4, -0.2) is 23.1 Å². The third-order valence-corrected chi connectivity index (χ3v) is 2.73. The van der Waals surface area contributed by atoms with Gasteiger partial charge in [-0.05, 0) is 31.1 Å². The summed E-state index contributed by atoms with van der Waals surface area (Å²) in [6.45, 7) is 7.01. The molecule has 2 nitrogen and oxygen atoms in total. The largest absolute Gasteiger partial charge is 0.363 e. The molecule has 0 radical (unpaired) electrons. The van der Waals surface area contributed by atoms with Gasteiger partial charge in [-0.1, -0.05) is 37.3 Å². The lowest BCUT2D eigenvalue weighted by Crippen LogP contribution is -2.39. The van der Waals surface area contributed by atoms with Crippen molar-refractivity contribution in [2.45, 2.75) is 26.8 Å². The van der Waals surface area contributed by atoms with Crippen LogP contribution in [0.25, 0.3) is 0 Å². The van der Waals surface area contributed by atoms with E-state index in [1.54, 1.807) is 0 Å². The molecule has 0 fully saturated rings. The highest BCUT2D eigenvalue weighted by molar-refractivity contribution is 7.80. The monoisotopic (exact) mass is 236 g/mol. The van der Waals surface area contributed by atoms with E-state index in [1.165, 1.54) is 5.56 Å². The SMILES string of the molecule is CCCN(Cc1ccccc1)C(=S)NCC. The maximum atomic E-state index is 5.35. The first-order chi connectivity index (χ1) is 7.77. The van der Waals surface area contributed by atoms with E-state index in [1.807, 2.05) is 6.07 Å². The Balaban J connectivity index is 2.60. The summed E-state index contributed by atoms with van der Waals surface area (Å²) in [4.78, 5) is 2.22. The van der Waals surface area contributed by atoms with Crippen molar-refractivity contribution in [2.75, 3.05) is 13.1 Å². The number of thiocarbonyl (C=S) groups is 1. The van der Waals surface area contributed by atoms with Gasteiger partial charge >= 0.3 is 0 Å². The van der Waals surface area contributed by atoms with Crippen LogP contribution < -0.4 is 5.32 Å². The first-order valence-electron chi connectivity index (χ1n) is 5.84.